The predicted octanol–water partition coefficient (Wildman–Crippen LogP) is 5.72. The summed E-state index contributed by atoms with van der Waals surface area (Å²) in [5.41, 5.74) is 1.99. The lowest BCUT2D eigenvalue weighted by Gasteiger charge is -2.04. The van der Waals surface area contributed by atoms with Crippen molar-refractivity contribution in [3.8, 4) is 11.3 Å². The van der Waals surface area contributed by atoms with Crippen LogP contribution in [0.25, 0.3) is 11.3 Å². The van der Waals surface area contributed by atoms with E-state index in [-0.39, 0.29) is 5.02 Å². The van der Waals surface area contributed by atoms with Crippen LogP contribution in [-0.4, -0.2) is 6.54 Å². The van der Waals surface area contributed by atoms with E-state index in [1.807, 2.05) is 36.4 Å². The minimum atomic E-state index is -0.434. The van der Waals surface area contributed by atoms with Crippen LogP contribution in [0.1, 0.15) is 11.3 Å². The summed E-state index contributed by atoms with van der Waals surface area (Å²) in [7, 11) is 0. The van der Waals surface area contributed by atoms with Crippen LogP contribution in [0.3, 0.4) is 0 Å². The third-order valence-electron chi connectivity index (χ3n) is 3.67. The van der Waals surface area contributed by atoms with Gasteiger partial charge in [0.15, 0.2) is 0 Å². The predicted molar refractivity (Wildman–Crippen MR) is 96.0 cm³/mol. The molecule has 24 heavy (non-hydrogen) atoms. The Bertz CT molecular complexity index is 814. The minimum absolute atomic E-state index is 0.0894. The molecule has 1 N–H and O–H groups in total. The van der Waals surface area contributed by atoms with Gasteiger partial charge in [-0.25, -0.2) is 4.39 Å². The molecule has 0 amide bonds. The maximum atomic E-state index is 13.2. The molecule has 0 radical (unpaired) electrons. The first-order chi connectivity index (χ1) is 11.6. The van der Waals surface area contributed by atoms with E-state index in [0.29, 0.717) is 12.3 Å². The van der Waals surface area contributed by atoms with Crippen molar-refractivity contribution in [1.82, 2.24) is 5.32 Å². The third-order valence-corrected chi connectivity index (χ3v) is 4.21. The van der Waals surface area contributed by atoms with E-state index in [2.05, 4.69) is 5.32 Å². The molecule has 3 aromatic rings. The minimum Gasteiger partial charge on any atom is -0.460 e. The van der Waals surface area contributed by atoms with Gasteiger partial charge < -0.3 is 9.73 Å². The third kappa shape index (κ3) is 4.38. The summed E-state index contributed by atoms with van der Waals surface area (Å²) >= 11 is 11.7. The van der Waals surface area contributed by atoms with Crippen LogP contribution >= 0.6 is 23.2 Å². The second kappa shape index (κ2) is 7.84. The number of halogens is 3. The zero-order chi connectivity index (χ0) is 16.9. The molecule has 0 bridgehead atoms. The highest BCUT2D eigenvalue weighted by atomic mass is 35.5. The summed E-state index contributed by atoms with van der Waals surface area (Å²) in [6.07, 6.45) is 0.915. The first kappa shape index (κ1) is 17.0. The second-order valence-electron chi connectivity index (χ2n) is 5.45. The van der Waals surface area contributed by atoms with E-state index in [1.165, 1.54) is 11.6 Å². The van der Waals surface area contributed by atoms with E-state index >= 15 is 0 Å². The van der Waals surface area contributed by atoms with Gasteiger partial charge in [-0.15, -0.1) is 0 Å². The van der Waals surface area contributed by atoms with Crippen LogP contribution in [0.2, 0.25) is 10.0 Å². The molecule has 0 aliphatic rings. The van der Waals surface area contributed by atoms with Gasteiger partial charge in [-0.3, -0.25) is 0 Å². The summed E-state index contributed by atoms with van der Waals surface area (Å²) < 4.78 is 19.0. The number of hydrogen-bond acceptors (Lipinski definition) is 2. The lowest BCUT2D eigenvalue weighted by Crippen LogP contribution is -2.16. The molecule has 0 fully saturated rings. The number of benzene rings is 2. The number of nitrogens with one attached hydrogen (secondary N) is 1. The quantitative estimate of drug-likeness (QED) is 0.566. The van der Waals surface area contributed by atoms with Gasteiger partial charge in [-0.2, -0.15) is 0 Å². The molecule has 124 valence electrons. The molecule has 2 nitrogen and oxygen atoms in total. The summed E-state index contributed by atoms with van der Waals surface area (Å²) in [5.74, 6) is 1.06. The summed E-state index contributed by atoms with van der Waals surface area (Å²) in [6.45, 7) is 1.46. The maximum absolute atomic E-state index is 13.2. The zero-order valence-corrected chi connectivity index (χ0v) is 14.4. The molecule has 0 saturated heterocycles. The highest BCUT2D eigenvalue weighted by Gasteiger charge is 2.07. The number of rotatable bonds is 6. The second-order valence-corrected chi connectivity index (χ2v) is 6.29. The lowest BCUT2D eigenvalue weighted by molar-refractivity contribution is 0.494. The van der Waals surface area contributed by atoms with Gasteiger partial charge in [0.05, 0.1) is 11.6 Å². The molecule has 3 rings (SSSR count). The Balaban J connectivity index is 1.52. The normalized spacial score (nSPS) is 11.0. The van der Waals surface area contributed by atoms with Crippen LogP contribution in [-0.2, 0) is 13.0 Å². The molecular weight excluding hydrogens is 348 g/mol. The zero-order valence-electron chi connectivity index (χ0n) is 12.9. The number of furan rings is 1. The van der Waals surface area contributed by atoms with Gasteiger partial charge in [0.1, 0.15) is 17.3 Å². The monoisotopic (exact) mass is 363 g/mol. The molecule has 0 unspecified atom stereocenters. The molecule has 0 aliphatic carbocycles. The van der Waals surface area contributed by atoms with E-state index in [9.17, 15) is 4.39 Å². The van der Waals surface area contributed by atoms with E-state index in [0.717, 1.165) is 29.3 Å². The summed E-state index contributed by atoms with van der Waals surface area (Å²) in [4.78, 5) is 0. The molecule has 1 heterocycles. The molecule has 2 aromatic carbocycles. The molecule has 5 heteroatoms. The summed E-state index contributed by atoms with van der Waals surface area (Å²) in [5, 5.41) is 4.17. The Kier molecular flexibility index (Phi) is 5.56. The lowest BCUT2D eigenvalue weighted by atomic mass is 10.1. The van der Waals surface area contributed by atoms with Gasteiger partial charge in [0.25, 0.3) is 0 Å². The van der Waals surface area contributed by atoms with E-state index in [4.69, 9.17) is 27.6 Å². The van der Waals surface area contributed by atoms with Gasteiger partial charge in [-0.05, 0) is 61.0 Å². The fraction of sp³-hybridized carbons (Fsp3) is 0.158. The first-order valence-corrected chi connectivity index (χ1v) is 8.37. The maximum Gasteiger partial charge on any atom is 0.141 e. The average Bonchev–Trinajstić information content (AvgIpc) is 3.05. The van der Waals surface area contributed by atoms with Crippen LogP contribution < -0.4 is 5.32 Å². The van der Waals surface area contributed by atoms with Gasteiger partial charge in [0.2, 0.25) is 0 Å². The van der Waals surface area contributed by atoms with Crippen LogP contribution in [0, 0.1) is 5.82 Å². The van der Waals surface area contributed by atoms with Gasteiger partial charge in [0, 0.05) is 10.6 Å². The first-order valence-electron chi connectivity index (χ1n) is 7.61. The van der Waals surface area contributed by atoms with Gasteiger partial charge >= 0.3 is 0 Å². The fourth-order valence-electron chi connectivity index (χ4n) is 2.37. The molecular formula is C19H16Cl2FNO. The smallest absolute Gasteiger partial charge is 0.141 e. The Morgan fingerprint density at radius 2 is 1.75 bits per heavy atom. The Labute approximate surface area is 150 Å². The van der Waals surface area contributed by atoms with Gasteiger partial charge in [-0.1, -0.05) is 35.3 Å². The molecule has 0 atom stereocenters. The van der Waals surface area contributed by atoms with Crippen LogP contribution in [0.5, 0.6) is 0 Å². The van der Waals surface area contributed by atoms with Crippen LogP contribution in [0.4, 0.5) is 4.39 Å². The van der Waals surface area contributed by atoms with Crippen molar-refractivity contribution in [1.29, 1.82) is 0 Å². The van der Waals surface area contributed by atoms with Crippen molar-refractivity contribution >= 4 is 23.2 Å². The van der Waals surface area contributed by atoms with Crippen LogP contribution in [0.15, 0.2) is 59.0 Å². The number of hydrogen-bond donors (Lipinski definition) is 1. The Morgan fingerprint density at radius 1 is 0.958 bits per heavy atom. The Morgan fingerprint density at radius 3 is 2.50 bits per heavy atom. The average molecular weight is 364 g/mol. The van der Waals surface area contributed by atoms with E-state index < -0.39 is 5.82 Å². The summed E-state index contributed by atoms with van der Waals surface area (Å²) in [6, 6.07) is 16.1. The highest BCUT2D eigenvalue weighted by Crippen LogP contribution is 2.26. The topological polar surface area (TPSA) is 25.2 Å². The highest BCUT2D eigenvalue weighted by molar-refractivity contribution is 6.31. The van der Waals surface area contributed by atoms with Crippen molar-refractivity contribution < 1.29 is 8.81 Å². The molecule has 1 aromatic heterocycles. The molecule has 0 spiro atoms. The molecule has 0 aliphatic heterocycles. The fourth-order valence-corrected chi connectivity index (χ4v) is 2.68. The van der Waals surface area contributed by atoms with Crippen molar-refractivity contribution in [2.75, 3.05) is 6.54 Å². The van der Waals surface area contributed by atoms with Crippen molar-refractivity contribution in [2.24, 2.45) is 0 Å². The van der Waals surface area contributed by atoms with Crippen molar-refractivity contribution in [3.05, 3.63) is 81.8 Å². The van der Waals surface area contributed by atoms with E-state index in [1.54, 1.807) is 12.1 Å². The molecule has 0 saturated carbocycles. The largest absolute Gasteiger partial charge is 0.460 e. The van der Waals surface area contributed by atoms with Crippen molar-refractivity contribution in [2.45, 2.75) is 13.0 Å². The Hall–Kier alpha value is -1.81. The van der Waals surface area contributed by atoms with Crippen molar-refractivity contribution in [3.63, 3.8) is 0 Å². The standard InChI is InChI=1S/C19H16Cl2FNO/c20-15-4-1-13(2-5-15)9-10-23-12-16-6-8-19(24-16)14-3-7-18(22)17(21)11-14/h1-8,11,23H,9-10,12H2. The SMILES string of the molecule is Fc1ccc(-c2ccc(CNCCc3ccc(Cl)cc3)o2)cc1Cl.